The van der Waals surface area contributed by atoms with E-state index in [0.29, 0.717) is 21.7 Å². The largest absolute Gasteiger partial charge is 0.362 e. The van der Waals surface area contributed by atoms with Crippen molar-refractivity contribution < 1.29 is 0 Å². The molecule has 0 N–H and O–H groups in total. The summed E-state index contributed by atoms with van der Waals surface area (Å²) in [7, 11) is 4.17. The van der Waals surface area contributed by atoms with E-state index in [1.165, 1.54) is 57.9 Å². The van der Waals surface area contributed by atoms with Gasteiger partial charge >= 0.3 is 0 Å². The van der Waals surface area contributed by atoms with Gasteiger partial charge in [-0.3, -0.25) is 4.99 Å². The third-order valence-corrected chi connectivity index (χ3v) is 7.57. The van der Waals surface area contributed by atoms with Crippen molar-refractivity contribution in [1.29, 1.82) is 0 Å². The summed E-state index contributed by atoms with van der Waals surface area (Å²) >= 11 is 0. The molecule has 0 aromatic heterocycles. The maximum atomic E-state index is 4.32. The maximum absolute atomic E-state index is 4.32. The SMILES string of the molecule is CCC(C)(C)CC(C)(C)CCCN(C)CCN(C=NC)CCCC(C)(C)CC(C)(C)CC. The number of rotatable bonds is 18. The summed E-state index contributed by atoms with van der Waals surface area (Å²) < 4.78 is 0. The summed E-state index contributed by atoms with van der Waals surface area (Å²) in [5.74, 6) is 0. The van der Waals surface area contributed by atoms with Crippen LogP contribution in [0.25, 0.3) is 0 Å². The molecule has 3 nitrogen and oxygen atoms in total. The Bertz CT molecular complexity index is 516. The third-order valence-electron chi connectivity index (χ3n) is 7.57. The summed E-state index contributed by atoms with van der Waals surface area (Å²) in [6.45, 7) is 28.6. The van der Waals surface area contributed by atoms with E-state index in [4.69, 9.17) is 0 Å². The van der Waals surface area contributed by atoms with Gasteiger partial charge in [0.05, 0.1) is 6.34 Å². The quantitative estimate of drug-likeness (QED) is 0.155. The molecule has 0 bridgehead atoms. The summed E-state index contributed by atoms with van der Waals surface area (Å²) in [5.41, 5.74) is 1.73. The van der Waals surface area contributed by atoms with Gasteiger partial charge in [-0.05, 0) is 73.8 Å². The first-order chi connectivity index (χ1) is 14.6. The van der Waals surface area contributed by atoms with Gasteiger partial charge in [-0.25, -0.2) is 0 Å². The highest BCUT2D eigenvalue weighted by Crippen LogP contribution is 2.39. The lowest BCUT2D eigenvalue weighted by Crippen LogP contribution is -2.34. The van der Waals surface area contributed by atoms with Gasteiger partial charge in [0.2, 0.25) is 0 Å². The summed E-state index contributed by atoms with van der Waals surface area (Å²) in [5, 5.41) is 0. The second-order valence-corrected chi connectivity index (χ2v) is 13.6. The van der Waals surface area contributed by atoms with Crippen LogP contribution < -0.4 is 0 Å². The standard InChI is InChI=1S/C29H61N3/c1-13-26(3,4)23-28(7,8)17-15-19-31(12)21-22-32(25-30-11)20-16-18-29(9,10)24-27(5,6)14-2/h25H,13-24H2,1-12H3. The van der Waals surface area contributed by atoms with Crippen LogP contribution in [0.1, 0.15) is 121 Å². The van der Waals surface area contributed by atoms with Gasteiger partial charge in [0.15, 0.2) is 0 Å². The zero-order chi connectivity index (χ0) is 25.1. The number of nitrogens with zero attached hydrogens (tertiary/aromatic N) is 3. The Morgan fingerprint density at radius 2 is 1.06 bits per heavy atom. The van der Waals surface area contributed by atoms with Gasteiger partial charge in [-0.1, -0.05) is 82.1 Å². The van der Waals surface area contributed by atoms with Gasteiger partial charge < -0.3 is 9.80 Å². The topological polar surface area (TPSA) is 18.8 Å². The van der Waals surface area contributed by atoms with Crippen molar-refractivity contribution in [3.8, 4) is 0 Å². The fourth-order valence-electron chi connectivity index (χ4n) is 5.41. The number of aliphatic imine (C=N–C) groups is 1. The molecule has 0 amide bonds. The van der Waals surface area contributed by atoms with Gasteiger partial charge in [-0.2, -0.15) is 0 Å². The number of hydrogen-bond acceptors (Lipinski definition) is 2. The molecule has 0 heterocycles. The summed E-state index contributed by atoms with van der Waals surface area (Å²) in [4.78, 5) is 9.25. The minimum absolute atomic E-state index is 0.407. The molecule has 0 aliphatic rings. The molecule has 0 radical (unpaired) electrons. The van der Waals surface area contributed by atoms with Gasteiger partial charge in [0, 0.05) is 26.7 Å². The third kappa shape index (κ3) is 15.3. The molecule has 0 aromatic rings. The van der Waals surface area contributed by atoms with E-state index in [9.17, 15) is 0 Å². The van der Waals surface area contributed by atoms with Crippen LogP contribution in [0.2, 0.25) is 0 Å². The highest BCUT2D eigenvalue weighted by Gasteiger charge is 2.28. The molecule has 0 fully saturated rings. The Hall–Kier alpha value is -0.570. The van der Waals surface area contributed by atoms with E-state index in [-0.39, 0.29) is 0 Å². The molecule has 0 aromatic carbocycles. The highest BCUT2D eigenvalue weighted by atomic mass is 15.2. The average Bonchev–Trinajstić information content (AvgIpc) is 2.64. The van der Waals surface area contributed by atoms with E-state index in [1.54, 1.807) is 0 Å². The first kappa shape index (κ1) is 31.4. The smallest absolute Gasteiger partial charge is 0.0846 e. The molecule has 0 aliphatic heterocycles. The van der Waals surface area contributed by atoms with E-state index in [2.05, 4.69) is 91.1 Å². The molecule has 0 saturated heterocycles. The monoisotopic (exact) mass is 451 g/mol. The van der Waals surface area contributed by atoms with E-state index >= 15 is 0 Å². The second kappa shape index (κ2) is 14.0. The highest BCUT2D eigenvalue weighted by molar-refractivity contribution is 5.54. The Labute approximate surface area is 203 Å². The average molecular weight is 452 g/mol. The first-order valence-corrected chi connectivity index (χ1v) is 13.4. The maximum Gasteiger partial charge on any atom is 0.0846 e. The fourth-order valence-corrected chi connectivity index (χ4v) is 5.41. The van der Waals surface area contributed by atoms with E-state index < -0.39 is 0 Å². The predicted molar refractivity (Wildman–Crippen MR) is 147 cm³/mol. The van der Waals surface area contributed by atoms with Crippen molar-refractivity contribution in [3.63, 3.8) is 0 Å². The molecule has 0 aliphatic carbocycles. The molecule has 0 rings (SSSR count). The van der Waals surface area contributed by atoms with Crippen LogP contribution in [0.4, 0.5) is 0 Å². The lowest BCUT2D eigenvalue weighted by molar-refractivity contribution is 0.164. The minimum Gasteiger partial charge on any atom is -0.362 e. The van der Waals surface area contributed by atoms with Gasteiger partial charge in [0.25, 0.3) is 0 Å². The molecule has 0 unspecified atom stereocenters. The Morgan fingerprint density at radius 1 is 0.625 bits per heavy atom. The van der Waals surface area contributed by atoms with E-state index in [0.717, 1.165) is 19.6 Å². The molecule has 192 valence electrons. The van der Waals surface area contributed by atoms with Crippen LogP contribution in [-0.4, -0.2) is 56.4 Å². The lowest BCUT2D eigenvalue weighted by Gasteiger charge is -2.35. The Morgan fingerprint density at radius 3 is 1.47 bits per heavy atom. The van der Waals surface area contributed by atoms with Crippen molar-refractivity contribution in [2.24, 2.45) is 26.7 Å². The lowest BCUT2D eigenvalue weighted by atomic mass is 9.71. The van der Waals surface area contributed by atoms with Crippen LogP contribution in [0.3, 0.4) is 0 Å². The zero-order valence-corrected chi connectivity index (χ0v) is 24.4. The molecule has 32 heavy (non-hydrogen) atoms. The van der Waals surface area contributed by atoms with Crippen LogP contribution in [0.15, 0.2) is 4.99 Å². The predicted octanol–water partition coefficient (Wildman–Crippen LogP) is 8.14. The molecular formula is C29H61N3. The molecule has 0 saturated carbocycles. The number of likely N-dealkylation sites (N-methyl/N-ethyl adjacent to an activating group) is 1. The van der Waals surface area contributed by atoms with Crippen molar-refractivity contribution in [2.45, 2.75) is 121 Å². The summed E-state index contributed by atoms with van der Waals surface area (Å²) in [6.07, 6.45) is 12.3. The molecular weight excluding hydrogens is 390 g/mol. The van der Waals surface area contributed by atoms with Crippen LogP contribution in [0, 0.1) is 21.7 Å². The van der Waals surface area contributed by atoms with Crippen molar-refractivity contribution in [1.82, 2.24) is 9.80 Å². The zero-order valence-electron chi connectivity index (χ0n) is 24.4. The molecule has 0 spiro atoms. The van der Waals surface area contributed by atoms with Crippen molar-refractivity contribution in [2.75, 3.05) is 40.3 Å². The Kier molecular flexibility index (Phi) is 13.7. The van der Waals surface area contributed by atoms with Crippen LogP contribution in [-0.2, 0) is 0 Å². The molecule has 0 atom stereocenters. The van der Waals surface area contributed by atoms with Crippen molar-refractivity contribution >= 4 is 6.34 Å². The van der Waals surface area contributed by atoms with Crippen molar-refractivity contribution in [3.05, 3.63) is 0 Å². The van der Waals surface area contributed by atoms with Gasteiger partial charge in [0.1, 0.15) is 0 Å². The number of hydrogen-bond donors (Lipinski definition) is 0. The van der Waals surface area contributed by atoms with Crippen LogP contribution >= 0.6 is 0 Å². The van der Waals surface area contributed by atoms with Crippen LogP contribution in [0.5, 0.6) is 0 Å². The first-order valence-electron chi connectivity index (χ1n) is 13.4. The molecule has 3 heteroatoms. The fraction of sp³-hybridized carbons (Fsp3) is 0.966. The van der Waals surface area contributed by atoms with E-state index in [1.807, 2.05) is 13.4 Å². The second-order valence-electron chi connectivity index (χ2n) is 13.6. The normalized spacial score (nSPS) is 14.0. The van der Waals surface area contributed by atoms with Gasteiger partial charge in [-0.15, -0.1) is 0 Å². The minimum atomic E-state index is 0.407. The Balaban J connectivity index is 4.38. The summed E-state index contributed by atoms with van der Waals surface area (Å²) in [6, 6.07) is 0.